The molecule has 1 amide bonds. The number of hydrogen-bond acceptors (Lipinski definition) is 3. The van der Waals surface area contributed by atoms with Gasteiger partial charge >= 0.3 is 0 Å². The molecule has 1 unspecified atom stereocenters. The number of carbonyl (C=O) groups excluding carboxylic acids is 2. The lowest BCUT2D eigenvalue weighted by molar-refractivity contribution is 0.0970. The van der Waals surface area contributed by atoms with E-state index in [2.05, 4.69) is 22.4 Å². The summed E-state index contributed by atoms with van der Waals surface area (Å²) in [5.74, 6) is -0.410. The number of carbonyl (C=O) groups is 2. The van der Waals surface area contributed by atoms with Crippen molar-refractivity contribution >= 4 is 23.3 Å². The van der Waals surface area contributed by atoms with Crippen molar-refractivity contribution in [1.82, 2.24) is 10.2 Å². The Morgan fingerprint density at radius 1 is 1.26 bits per heavy atom. The molecule has 0 spiro atoms. The minimum absolute atomic E-state index is 0.158. The van der Waals surface area contributed by atoms with E-state index >= 15 is 0 Å². The van der Waals surface area contributed by atoms with Crippen LogP contribution in [-0.4, -0.2) is 35.7 Å². The molecule has 1 N–H and O–H groups in total. The molecule has 1 aromatic rings. The highest BCUT2D eigenvalue weighted by Crippen LogP contribution is 2.32. The third kappa shape index (κ3) is 4.40. The first-order chi connectivity index (χ1) is 13.0. The van der Waals surface area contributed by atoms with Crippen LogP contribution in [0.15, 0.2) is 53.8 Å². The van der Waals surface area contributed by atoms with E-state index in [9.17, 15) is 9.59 Å². The number of benzene rings is 1. The first-order valence-electron chi connectivity index (χ1n) is 9.39. The molecule has 142 valence electrons. The van der Waals surface area contributed by atoms with Crippen molar-refractivity contribution in [3.05, 3.63) is 69.9 Å². The second kappa shape index (κ2) is 8.68. The first kappa shape index (κ1) is 19.6. The number of nitrogens with zero attached hydrogens (tertiary/aromatic N) is 1. The molecule has 1 aromatic carbocycles. The summed E-state index contributed by atoms with van der Waals surface area (Å²) in [7, 11) is 0. The van der Waals surface area contributed by atoms with Crippen molar-refractivity contribution in [3.63, 3.8) is 0 Å². The summed E-state index contributed by atoms with van der Waals surface area (Å²) >= 11 is 6.02. The number of Topliss-reactive ketones (excluding diaryl/α,β-unsaturated/α-hetero) is 1. The highest BCUT2D eigenvalue weighted by atomic mass is 35.5. The van der Waals surface area contributed by atoms with Crippen LogP contribution in [0.1, 0.15) is 53.8 Å². The van der Waals surface area contributed by atoms with Gasteiger partial charge in [-0.1, -0.05) is 23.8 Å². The number of hydrogen-bond donors (Lipinski definition) is 1. The van der Waals surface area contributed by atoms with E-state index in [4.69, 9.17) is 11.6 Å². The fourth-order valence-electron chi connectivity index (χ4n) is 3.89. The van der Waals surface area contributed by atoms with Crippen molar-refractivity contribution in [2.75, 3.05) is 13.1 Å². The molecule has 0 bridgehead atoms. The average Bonchev–Trinajstić information content (AvgIpc) is 3.12. The lowest BCUT2D eigenvalue weighted by Gasteiger charge is -2.32. The zero-order valence-electron chi connectivity index (χ0n) is 15.8. The largest absolute Gasteiger partial charge is 0.329 e. The van der Waals surface area contributed by atoms with E-state index in [-0.39, 0.29) is 11.7 Å². The molecule has 1 atom stereocenters. The molecule has 1 saturated heterocycles. The topological polar surface area (TPSA) is 49.4 Å². The van der Waals surface area contributed by atoms with Gasteiger partial charge in [-0.3, -0.25) is 14.5 Å². The van der Waals surface area contributed by atoms with Gasteiger partial charge in [0.15, 0.2) is 5.78 Å². The van der Waals surface area contributed by atoms with Crippen LogP contribution in [0.2, 0.25) is 5.02 Å². The molecule has 2 aliphatic heterocycles. The molecule has 0 aromatic heterocycles. The van der Waals surface area contributed by atoms with Gasteiger partial charge in [0.2, 0.25) is 0 Å². The summed E-state index contributed by atoms with van der Waals surface area (Å²) in [5, 5.41) is 3.18. The van der Waals surface area contributed by atoms with Crippen molar-refractivity contribution in [2.24, 2.45) is 0 Å². The molecule has 1 fully saturated rings. The molecule has 3 rings (SSSR count). The van der Waals surface area contributed by atoms with E-state index < -0.39 is 0 Å². The molecule has 0 saturated carbocycles. The van der Waals surface area contributed by atoms with Gasteiger partial charge < -0.3 is 5.32 Å². The number of allylic oxidation sites excluding steroid dienone is 2. The number of amides is 1. The van der Waals surface area contributed by atoms with Crippen LogP contribution in [-0.2, 0) is 0 Å². The molecule has 27 heavy (non-hydrogen) atoms. The molecule has 0 radical (unpaired) electrons. The molecule has 2 aliphatic rings. The number of rotatable bonds is 5. The van der Waals surface area contributed by atoms with Crippen molar-refractivity contribution in [1.29, 1.82) is 0 Å². The van der Waals surface area contributed by atoms with E-state index in [1.807, 2.05) is 13.0 Å². The third-order valence-electron chi connectivity index (χ3n) is 5.21. The Labute approximate surface area is 165 Å². The fourth-order valence-corrected chi connectivity index (χ4v) is 4.14. The number of halogens is 1. The van der Waals surface area contributed by atoms with Gasteiger partial charge in [0, 0.05) is 29.9 Å². The number of ketones is 1. The van der Waals surface area contributed by atoms with Crippen LogP contribution in [0.3, 0.4) is 0 Å². The molecule has 5 heteroatoms. The summed E-state index contributed by atoms with van der Waals surface area (Å²) in [5.41, 5.74) is 3.41. The van der Waals surface area contributed by atoms with Crippen molar-refractivity contribution < 1.29 is 9.59 Å². The zero-order chi connectivity index (χ0) is 19.4. The Morgan fingerprint density at radius 2 is 2.07 bits per heavy atom. The van der Waals surface area contributed by atoms with E-state index in [0.717, 1.165) is 25.9 Å². The molecule has 4 nitrogen and oxygen atoms in total. The Morgan fingerprint density at radius 3 is 2.81 bits per heavy atom. The van der Waals surface area contributed by atoms with Gasteiger partial charge in [-0.05, 0) is 75.1 Å². The van der Waals surface area contributed by atoms with Gasteiger partial charge in [-0.2, -0.15) is 0 Å². The number of fused-ring (bicyclic) bond motifs is 1. The van der Waals surface area contributed by atoms with Gasteiger partial charge in [-0.25, -0.2) is 0 Å². The lowest BCUT2D eigenvalue weighted by atomic mass is 9.92. The monoisotopic (exact) mass is 384 g/mol. The average molecular weight is 385 g/mol. The van der Waals surface area contributed by atoms with Crippen LogP contribution in [0.4, 0.5) is 0 Å². The van der Waals surface area contributed by atoms with Gasteiger partial charge in [0.25, 0.3) is 5.91 Å². The highest BCUT2D eigenvalue weighted by Gasteiger charge is 2.31. The minimum Gasteiger partial charge on any atom is -0.329 e. The highest BCUT2D eigenvalue weighted by molar-refractivity contribution is 6.34. The van der Waals surface area contributed by atoms with Crippen molar-refractivity contribution in [2.45, 2.75) is 39.2 Å². The lowest BCUT2D eigenvalue weighted by Crippen LogP contribution is -2.35. The molecular formula is C22H25ClN2O2. The second-order valence-electron chi connectivity index (χ2n) is 6.98. The summed E-state index contributed by atoms with van der Waals surface area (Å²) in [4.78, 5) is 26.6. The summed E-state index contributed by atoms with van der Waals surface area (Å²) < 4.78 is 0. The maximum absolute atomic E-state index is 12.5. The van der Waals surface area contributed by atoms with E-state index in [1.165, 1.54) is 30.6 Å². The summed E-state index contributed by atoms with van der Waals surface area (Å²) in [6.45, 7) is 5.72. The Kier molecular flexibility index (Phi) is 6.30. The van der Waals surface area contributed by atoms with Gasteiger partial charge in [-0.15, -0.1) is 0 Å². The molecule has 2 heterocycles. The van der Waals surface area contributed by atoms with Crippen LogP contribution in [0, 0.1) is 0 Å². The Bertz CT molecular complexity index is 839. The van der Waals surface area contributed by atoms with Gasteiger partial charge in [0.05, 0.1) is 5.02 Å². The Balaban J connectivity index is 1.76. The second-order valence-corrected chi connectivity index (χ2v) is 7.39. The van der Waals surface area contributed by atoms with Crippen LogP contribution >= 0.6 is 11.6 Å². The van der Waals surface area contributed by atoms with Crippen LogP contribution in [0.5, 0.6) is 0 Å². The first-order valence-corrected chi connectivity index (χ1v) is 9.76. The smallest absolute Gasteiger partial charge is 0.255 e. The summed E-state index contributed by atoms with van der Waals surface area (Å²) in [6, 6.07) is 5.19. The predicted molar refractivity (Wildman–Crippen MR) is 109 cm³/mol. The van der Waals surface area contributed by atoms with Crippen molar-refractivity contribution in [3.8, 4) is 0 Å². The zero-order valence-corrected chi connectivity index (χ0v) is 16.6. The standard InChI is InChI=1S/C22H25ClN2O2/c1-3-5-16-10-13-25-12-4-6-21(25)18(16)9-11-24-22(27)17-7-8-20(23)19(14-17)15(2)26/h3,5,7-9,11,14,21H,4,6,10,12-13H2,1-2H3,(H,24,27)/b5-3-,11-9+. The summed E-state index contributed by atoms with van der Waals surface area (Å²) in [6.07, 6.45) is 11.4. The van der Waals surface area contributed by atoms with Crippen LogP contribution in [0.25, 0.3) is 0 Å². The quantitative estimate of drug-likeness (QED) is 0.759. The number of nitrogens with one attached hydrogen (secondary N) is 1. The predicted octanol–water partition coefficient (Wildman–Crippen LogP) is 4.53. The maximum atomic E-state index is 12.5. The maximum Gasteiger partial charge on any atom is 0.255 e. The SMILES string of the molecule is C/C=C\C1=C(/C=C/NC(=O)c2ccc(Cl)c(C(C)=O)c2)C2CCCN2CC1. The Hall–Kier alpha value is -2.17. The van der Waals surface area contributed by atoms with Crippen LogP contribution < -0.4 is 5.32 Å². The van der Waals surface area contributed by atoms with E-state index in [0.29, 0.717) is 22.2 Å². The fraction of sp³-hybridized carbons (Fsp3) is 0.364. The normalized spacial score (nSPS) is 20.5. The molecular weight excluding hydrogens is 360 g/mol. The third-order valence-corrected chi connectivity index (χ3v) is 5.54. The minimum atomic E-state index is -0.252. The molecule has 0 aliphatic carbocycles. The van der Waals surface area contributed by atoms with Gasteiger partial charge in [0.1, 0.15) is 0 Å². The van der Waals surface area contributed by atoms with E-state index in [1.54, 1.807) is 18.3 Å².